The molecule has 0 atom stereocenters. The van der Waals surface area contributed by atoms with Gasteiger partial charge >= 0.3 is 0 Å². The summed E-state index contributed by atoms with van der Waals surface area (Å²) in [6.45, 7) is 1.33. The first-order chi connectivity index (χ1) is 16.1. The Hall–Kier alpha value is -4.14. The van der Waals surface area contributed by atoms with E-state index in [1.54, 1.807) is 35.5 Å². The van der Waals surface area contributed by atoms with Gasteiger partial charge in [-0.3, -0.25) is 19.1 Å². The molecule has 33 heavy (non-hydrogen) atoms. The number of benzene rings is 2. The summed E-state index contributed by atoms with van der Waals surface area (Å²) >= 11 is 0. The highest BCUT2D eigenvalue weighted by molar-refractivity contribution is 5.97. The normalized spacial score (nSPS) is 12.4. The molecule has 4 rings (SSSR count). The quantitative estimate of drug-likeness (QED) is 0.552. The van der Waals surface area contributed by atoms with Crippen molar-refractivity contribution in [3.63, 3.8) is 0 Å². The molecule has 1 aliphatic rings. The largest absolute Gasteiger partial charge is 0.490 e. The fourth-order valence-electron chi connectivity index (χ4n) is 3.57. The maximum atomic E-state index is 12.6. The zero-order valence-electron chi connectivity index (χ0n) is 18.1. The molecule has 0 spiro atoms. The predicted molar refractivity (Wildman–Crippen MR) is 123 cm³/mol. The number of carbonyl (C=O) groups is 3. The van der Waals surface area contributed by atoms with E-state index >= 15 is 0 Å². The van der Waals surface area contributed by atoms with E-state index in [1.807, 2.05) is 36.4 Å². The van der Waals surface area contributed by atoms with E-state index < -0.39 is 0 Å². The average molecular weight is 447 g/mol. The number of nitrogens with zero attached hydrogens (tertiary/aromatic N) is 3. The Labute approximate surface area is 191 Å². The summed E-state index contributed by atoms with van der Waals surface area (Å²) < 4.78 is 7.11. The van der Waals surface area contributed by atoms with Gasteiger partial charge in [0.25, 0.3) is 0 Å². The van der Waals surface area contributed by atoms with Crippen LogP contribution in [0.1, 0.15) is 18.4 Å². The number of aromatic nitrogens is 2. The van der Waals surface area contributed by atoms with Crippen molar-refractivity contribution >= 4 is 29.1 Å². The van der Waals surface area contributed by atoms with Crippen molar-refractivity contribution in [2.45, 2.75) is 25.9 Å². The molecule has 3 aromatic rings. The molecular weight excluding hydrogens is 422 g/mol. The number of nitrogens with one attached hydrogen (secondary N) is 2. The minimum absolute atomic E-state index is 0.0959. The van der Waals surface area contributed by atoms with E-state index in [0.29, 0.717) is 31.1 Å². The third kappa shape index (κ3) is 5.97. The second kappa shape index (κ2) is 10.4. The SMILES string of the molecule is O=C(CCC(=O)N1CCOc2ccccc21)NCc1cccc(NC(=O)Cn2cccn2)c1. The van der Waals surface area contributed by atoms with Crippen molar-refractivity contribution in [2.24, 2.45) is 0 Å². The van der Waals surface area contributed by atoms with Gasteiger partial charge in [0.2, 0.25) is 17.7 Å². The van der Waals surface area contributed by atoms with Gasteiger partial charge in [-0.2, -0.15) is 5.10 Å². The molecule has 0 saturated carbocycles. The van der Waals surface area contributed by atoms with E-state index in [2.05, 4.69) is 15.7 Å². The highest BCUT2D eigenvalue weighted by atomic mass is 16.5. The van der Waals surface area contributed by atoms with Gasteiger partial charge in [0.1, 0.15) is 18.9 Å². The molecule has 9 heteroatoms. The molecule has 2 aromatic carbocycles. The zero-order chi connectivity index (χ0) is 23.0. The van der Waals surface area contributed by atoms with E-state index in [0.717, 1.165) is 11.3 Å². The van der Waals surface area contributed by atoms with Crippen molar-refractivity contribution in [1.82, 2.24) is 15.1 Å². The van der Waals surface area contributed by atoms with E-state index in [1.165, 1.54) is 4.68 Å². The first kappa shape index (κ1) is 22.1. The highest BCUT2D eigenvalue weighted by Crippen LogP contribution is 2.31. The number of amides is 3. The van der Waals surface area contributed by atoms with Gasteiger partial charge in [-0.1, -0.05) is 24.3 Å². The van der Waals surface area contributed by atoms with Gasteiger partial charge in [0, 0.05) is 37.5 Å². The maximum Gasteiger partial charge on any atom is 0.246 e. The molecule has 0 bridgehead atoms. The number of rotatable bonds is 8. The van der Waals surface area contributed by atoms with Crippen LogP contribution < -0.4 is 20.3 Å². The van der Waals surface area contributed by atoms with E-state index in [4.69, 9.17) is 4.74 Å². The van der Waals surface area contributed by atoms with Crippen LogP contribution in [0.5, 0.6) is 5.75 Å². The molecule has 0 aliphatic carbocycles. The molecule has 1 aliphatic heterocycles. The molecular formula is C24H25N5O4. The first-order valence-electron chi connectivity index (χ1n) is 10.7. The minimum atomic E-state index is -0.210. The number of anilines is 2. The molecule has 0 unspecified atom stereocenters. The summed E-state index contributed by atoms with van der Waals surface area (Å²) in [6, 6.07) is 16.4. The van der Waals surface area contributed by atoms with Crippen LogP contribution in [0.2, 0.25) is 0 Å². The Morgan fingerprint density at radius 2 is 1.88 bits per heavy atom. The number of carbonyl (C=O) groups excluding carboxylic acids is 3. The number of fused-ring (bicyclic) bond motifs is 1. The van der Waals surface area contributed by atoms with Gasteiger partial charge in [0.05, 0.1) is 12.2 Å². The molecule has 0 radical (unpaired) electrons. The van der Waals surface area contributed by atoms with Crippen LogP contribution >= 0.6 is 0 Å². The molecule has 1 aromatic heterocycles. The highest BCUT2D eigenvalue weighted by Gasteiger charge is 2.23. The van der Waals surface area contributed by atoms with Crippen LogP contribution in [0.15, 0.2) is 67.0 Å². The van der Waals surface area contributed by atoms with Crippen molar-refractivity contribution in [3.8, 4) is 5.75 Å². The van der Waals surface area contributed by atoms with Gasteiger partial charge in [0.15, 0.2) is 0 Å². The Bertz CT molecular complexity index is 1130. The summed E-state index contributed by atoms with van der Waals surface area (Å²) in [5.41, 5.74) is 2.22. The van der Waals surface area contributed by atoms with Crippen LogP contribution in [-0.4, -0.2) is 40.7 Å². The predicted octanol–water partition coefficient (Wildman–Crippen LogP) is 2.34. The van der Waals surface area contributed by atoms with Crippen molar-refractivity contribution in [2.75, 3.05) is 23.4 Å². The van der Waals surface area contributed by atoms with Crippen LogP contribution in [-0.2, 0) is 27.5 Å². The summed E-state index contributed by atoms with van der Waals surface area (Å²) in [4.78, 5) is 38.7. The monoisotopic (exact) mass is 447 g/mol. The minimum Gasteiger partial charge on any atom is -0.490 e. The van der Waals surface area contributed by atoms with Crippen LogP contribution in [0.3, 0.4) is 0 Å². The molecule has 3 amide bonds. The number of para-hydroxylation sites is 2. The van der Waals surface area contributed by atoms with Crippen molar-refractivity contribution in [1.29, 1.82) is 0 Å². The molecule has 0 saturated heterocycles. The number of hydrogen-bond acceptors (Lipinski definition) is 5. The molecule has 0 fully saturated rings. The van der Waals surface area contributed by atoms with Crippen LogP contribution in [0.4, 0.5) is 11.4 Å². The summed E-state index contributed by atoms with van der Waals surface area (Å²) in [5, 5.41) is 9.66. The number of ether oxygens (including phenoxy) is 1. The average Bonchev–Trinajstić information content (AvgIpc) is 3.34. The lowest BCUT2D eigenvalue weighted by molar-refractivity contribution is -0.125. The lowest BCUT2D eigenvalue weighted by Gasteiger charge is -2.29. The molecule has 2 N–H and O–H groups in total. The van der Waals surface area contributed by atoms with E-state index in [9.17, 15) is 14.4 Å². The first-order valence-corrected chi connectivity index (χ1v) is 10.7. The van der Waals surface area contributed by atoms with Crippen LogP contribution in [0.25, 0.3) is 0 Å². The van der Waals surface area contributed by atoms with Gasteiger partial charge < -0.3 is 20.3 Å². The second-order valence-electron chi connectivity index (χ2n) is 7.59. The standard InChI is InChI=1S/C24H25N5O4/c30-22(9-10-24(32)29-13-14-33-21-8-2-1-7-20(21)29)25-16-18-5-3-6-19(15-18)27-23(31)17-28-12-4-11-26-28/h1-8,11-12,15H,9-10,13-14,16-17H2,(H,25,30)(H,27,31). The lowest BCUT2D eigenvalue weighted by Crippen LogP contribution is -2.38. The Balaban J connectivity index is 1.23. The smallest absolute Gasteiger partial charge is 0.246 e. The van der Waals surface area contributed by atoms with Gasteiger partial charge in [-0.25, -0.2) is 0 Å². The van der Waals surface area contributed by atoms with Gasteiger partial charge in [-0.15, -0.1) is 0 Å². The molecule has 9 nitrogen and oxygen atoms in total. The Morgan fingerprint density at radius 1 is 1.00 bits per heavy atom. The topological polar surface area (TPSA) is 106 Å². The Kier molecular flexibility index (Phi) is 6.99. The number of hydrogen-bond donors (Lipinski definition) is 2. The summed E-state index contributed by atoms with van der Waals surface area (Å²) in [6.07, 6.45) is 3.54. The van der Waals surface area contributed by atoms with E-state index in [-0.39, 0.29) is 37.1 Å². The third-order valence-corrected chi connectivity index (χ3v) is 5.16. The van der Waals surface area contributed by atoms with Crippen molar-refractivity contribution < 1.29 is 19.1 Å². The zero-order valence-corrected chi connectivity index (χ0v) is 18.1. The maximum absolute atomic E-state index is 12.6. The summed E-state index contributed by atoms with van der Waals surface area (Å²) in [7, 11) is 0. The third-order valence-electron chi connectivity index (χ3n) is 5.16. The van der Waals surface area contributed by atoms with Crippen LogP contribution in [0, 0.1) is 0 Å². The fourth-order valence-corrected chi connectivity index (χ4v) is 3.57. The van der Waals surface area contributed by atoms with Gasteiger partial charge in [-0.05, 0) is 35.9 Å². The molecule has 2 heterocycles. The molecule has 170 valence electrons. The lowest BCUT2D eigenvalue weighted by atomic mass is 10.1. The fraction of sp³-hybridized carbons (Fsp3) is 0.250. The van der Waals surface area contributed by atoms with Crippen molar-refractivity contribution in [3.05, 3.63) is 72.6 Å². The Morgan fingerprint density at radius 3 is 2.73 bits per heavy atom. The summed E-state index contributed by atoms with van der Waals surface area (Å²) in [5.74, 6) is 0.169. The second-order valence-corrected chi connectivity index (χ2v) is 7.59.